The maximum atomic E-state index is 12.2. The quantitative estimate of drug-likeness (QED) is 0.753. The van der Waals surface area contributed by atoms with Gasteiger partial charge in [0.15, 0.2) is 0 Å². The third-order valence-electron chi connectivity index (χ3n) is 3.87. The number of hydrogen-bond donors (Lipinski definition) is 0. The Morgan fingerprint density at radius 2 is 1.73 bits per heavy atom. The summed E-state index contributed by atoms with van der Waals surface area (Å²) in [5, 5.41) is 0.476. The number of rotatable bonds is 2. The van der Waals surface area contributed by atoms with Crippen molar-refractivity contribution in [2.75, 3.05) is 6.54 Å². The second-order valence-electron chi connectivity index (χ2n) is 5.23. The number of carbonyl (C=O) groups is 4. The van der Waals surface area contributed by atoms with E-state index in [0.29, 0.717) is 24.4 Å². The predicted molar refractivity (Wildman–Crippen MR) is 73.4 cm³/mol. The van der Waals surface area contributed by atoms with Crippen LogP contribution in [0.1, 0.15) is 40.5 Å². The molecule has 7 nitrogen and oxygen atoms in total. The molecule has 0 aliphatic carbocycles. The summed E-state index contributed by atoms with van der Waals surface area (Å²) < 4.78 is 0. The molecule has 3 rings (SSSR count). The van der Waals surface area contributed by atoms with Crippen LogP contribution < -0.4 is 0 Å². The largest absolute Gasteiger partial charge is 0.355 e. The first-order valence-electron chi connectivity index (χ1n) is 6.97. The molecule has 3 amide bonds. The van der Waals surface area contributed by atoms with Gasteiger partial charge in [-0.2, -0.15) is 0 Å². The lowest BCUT2D eigenvalue weighted by molar-refractivity contribution is -0.175. The number of hydrogen-bond acceptors (Lipinski definition) is 5. The Kier molecular flexibility index (Phi) is 3.40. The third kappa shape index (κ3) is 2.14. The van der Waals surface area contributed by atoms with Crippen LogP contribution in [0.5, 0.6) is 0 Å². The second kappa shape index (κ2) is 5.25. The van der Waals surface area contributed by atoms with E-state index in [4.69, 9.17) is 4.84 Å². The zero-order valence-electron chi connectivity index (χ0n) is 11.9. The molecule has 2 aliphatic heterocycles. The van der Waals surface area contributed by atoms with Gasteiger partial charge in [0.2, 0.25) is 5.91 Å². The molecule has 0 saturated carbocycles. The molecule has 1 unspecified atom stereocenters. The fourth-order valence-corrected chi connectivity index (χ4v) is 2.79. The van der Waals surface area contributed by atoms with Crippen molar-refractivity contribution in [1.82, 2.24) is 9.96 Å². The highest BCUT2D eigenvalue weighted by Gasteiger charge is 2.42. The Hall–Kier alpha value is -2.70. The van der Waals surface area contributed by atoms with Gasteiger partial charge in [-0.3, -0.25) is 14.4 Å². The van der Waals surface area contributed by atoms with Crippen molar-refractivity contribution in [3.05, 3.63) is 35.4 Å². The average molecular weight is 302 g/mol. The molecule has 0 N–H and O–H groups in total. The zero-order chi connectivity index (χ0) is 15.9. The molecule has 2 aliphatic rings. The van der Waals surface area contributed by atoms with Crippen molar-refractivity contribution >= 4 is 23.7 Å². The molecule has 1 aromatic rings. The second-order valence-corrected chi connectivity index (χ2v) is 5.23. The Morgan fingerprint density at radius 3 is 2.27 bits per heavy atom. The van der Waals surface area contributed by atoms with Crippen LogP contribution in [0.3, 0.4) is 0 Å². The molecule has 0 spiro atoms. The minimum Gasteiger partial charge on any atom is -0.329 e. The number of amides is 3. The molecule has 114 valence electrons. The van der Waals surface area contributed by atoms with Gasteiger partial charge in [-0.25, -0.2) is 4.79 Å². The summed E-state index contributed by atoms with van der Waals surface area (Å²) in [7, 11) is 0. The summed E-state index contributed by atoms with van der Waals surface area (Å²) in [6.07, 6.45) is 1.14. The molecule has 1 aromatic carbocycles. The van der Waals surface area contributed by atoms with Crippen molar-refractivity contribution in [3.63, 3.8) is 0 Å². The standard InChI is InChI=1S/C15H14N2O5/c1-9(18)16-8-4-7-12(16)15(21)22-17-13(19)10-5-2-3-6-11(10)14(17)20/h2-3,5-6,12H,4,7-8H2,1H3. The lowest BCUT2D eigenvalue weighted by atomic mass is 10.1. The first kappa shape index (κ1) is 14.2. The number of fused-ring (bicyclic) bond motifs is 1. The van der Waals surface area contributed by atoms with E-state index in [2.05, 4.69) is 0 Å². The summed E-state index contributed by atoms with van der Waals surface area (Å²) >= 11 is 0. The smallest absolute Gasteiger partial charge is 0.329 e. The number of hydroxylamine groups is 2. The van der Waals surface area contributed by atoms with E-state index in [1.165, 1.54) is 24.0 Å². The number of carbonyl (C=O) groups excluding carboxylic acids is 4. The summed E-state index contributed by atoms with van der Waals surface area (Å²) in [4.78, 5) is 54.3. The van der Waals surface area contributed by atoms with Gasteiger partial charge in [0.1, 0.15) is 6.04 Å². The van der Waals surface area contributed by atoms with E-state index in [0.717, 1.165) is 0 Å². The van der Waals surface area contributed by atoms with Crippen LogP contribution in [0.2, 0.25) is 0 Å². The van der Waals surface area contributed by atoms with Crippen LogP contribution in [0.4, 0.5) is 0 Å². The van der Waals surface area contributed by atoms with Crippen molar-refractivity contribution in [2.24, 2.45) is 0 Å². The molecule has 7 heteroatoms. The molecule has 0 radical (unpaired) electrons. The van der Waals surface area contributed by atoms with Crippen molar-refractivity contribution in [3.8, 4) is 0 Å². The van der Waals surface area contributed by atoms with E-state index >= 15 is 0 Å². The minimum absolute atomic E-state index is 0.204. The first-order chi connectivity index (χ1) is 10.5. The summed E-state index contributed by atoms with van der Waals surface area (Å²) in [5.74, 6) is -2.33. The van der Waals surface area contributed by atoms with Crippen LogP contribution in [0.15, 0.2) is 24.3 Å². The molecule has 1 atom stereocenters. The van der Waals surface area contributed by atoms with E-state index in [9.17, 15) is 19.2 Å². The maximum Gasteiger partial charge on any atom is 0.355 e. The van der Waals surface area contributed by atoms with Crippen LogP contribution in [-0.2, 0) is 14.4 Å². The monoisotopic (exact) mass is 302 g/mol. The number of nitrogens with zero attached hydrogens (tertiary/aromatic N) is 2. The molecule has 1 saturated heterocycles. The lowest BCUT2D eigenvalue weighted by Crippen LogP contribution is -2.44. The van der Waals surface area contributed by atoms with Gasteiger partial charge in [-0.05, 0) is 25.0 Å². The van der Waals surface area contributed by atoms with Crippen LogP contribution in [-0.4, -0.2) is 46.2 Å². The van der Waals surface area contributed by atoms with Gasteiger partial charge in [-0.1, -0.05) is 17.2 Å². The fraction of sp³-hybridized carbons (Fsp3) is 0.333. The summed E-state index contributed by atoms with van der Waals surface area (Å²) in [5.41, 5.74) is 0.408. The zero-order valence-corrected chi connectivity index (χ0v) is 11.9. The highest BCUT2D eigenvalue weighted by molar-refractivity contribution is 6.20. The van der Waals surface area contributed by atoms with Gasteiger partial charge < -0.3 is 9.74 Å². The Bertz CT molecular complexity index is 649. The molecule has 0 aromatic heterocycles. The van der Waals surface area contributed by atoms with Crippen LogP contribution in [0.25, 0.3) is 0 Å². The molecule has 0 bridgehead atoms. The van der Waals surface area contributed by atoms with Crippen molar-refractivity contribution in [2.45, 2.75) is 25.8 Å². The average Bonchev–Trinajstić information content (AvgIpc) is 3.08. The first-order valence-corrected chi connectivity index (χ1v) is 6.97. The number of likely N-dealkylation sites (tertiary alicyclic amines) is 1. The predicted octanol–water partition coefficient (Wildman–Crippen LogP) is 0.752. The fourth-order valence-electron chi connectivity index (χ4n) is 2.79. The topological polar surface area (TPSA) is 84.0 Å². The van der Waals surface area contributed by atoms with Gasteiger partial charge in [0.05, 0.1) is 11.1 Å². The maximum absolute atomic E-state index is 12.2. The summed E-state index contributed by atoms with van der Waals surface area (Å²) in [6, 6.07) is 5.51. The Labute approximate surface area is 126 Å². The van der Waals surface area contributed by atoms with Crippen molar-refractivity contribution < 1.29 is 24.0 Å². The van der Waals surface area contributed by atoms with E-state index in [1.807, 2.05) is 0 Å². The van der Waals surface area contributed by atoms with E-state index < -0.39 is 23.8 Å². The lowest BCUT2D eigenvalue weighted by Gasteiger charge is -2.23. The SMILES string of the molecule is CC(=O)N1CCCC1C(=O)ON1C(=O)c2ccccc2C1=O. The molecule has 22 heavy (non-hydrogen) atoms. The highest BCUT2D eigenvalue weighted by atomic mass is 16.7. The van der Waals surface area contributed by atoms with Gasteiger partial charge in [0.25, 0.3) is 11.8 Å². The Balaban J connectivity index is 1.77. The Morgan fingerprint density at radius 1 is 1.14 bits per heavy atom. The van der Waals surface area contributed by atoms with Gasteiger partial charge in [0, 0.05) is 13.5 Å². The molecule has 1 fully saturated rings. The molecular formula is C15H14N2O5. The molecule has 2 heterocycles. The number of imide groups is 1. The number of benzene rings is 1. The van der Waals surface area contributed by atoms with Gasteiger partial charge in [-0.15, -0.1) is 0 Å². The normalized spacial score (nSPS) is 20.3. The van der Waals surface area contributed by atoms with Crippen molar-refractivity contribution in [1.29, 1.82) is 0 Å². The van der Waals surface area contributed by atoms with Gasteiger partial charge >= 0.3 is 5.97 Å². The van der Waals surface area contributed by atoms with E-state index in [-0.39, 0.29) is 17.0 Å². The third-order valence-corrected chi connectivity index (χ3v) is 3.87. The van der Waals surface area contributed by atoms with E-state index in [1.54, 1.807) is 12.1 Å². The van der Waals surface area contributed by atoms with Crippen LogP contribution in [0, 0.1) is 0 Å². The minimum atomic E-state index is -0.762. The highest BCUT2D eigenvalue weighted by Crippen LogP contribution is 2.25. The molecular weight excluding hydrogens is 288 g/mol. The summed E-state index contributed by atoms with van der Waals surface area (Å²) in [6.45, 7) is 1.84. The van der Waals surface area contributed by atoms with Crippen LogP contribution >= 0.6 is 0 Å².